The van der Waals surface area contributed by atoms with E-state index < -0.39 is 17.2 Å². The lowest BCUT2D eigenvalue weighted by atomic mass is 10.1. The number of anilines is 2. The van der Waals surface area contributed by atoms with Gasteiger partial charge in [0.25, 0.3) is 5.56 Å². The molecular formula is C25H38N6O4. The van der Waals surface area contributed by atoms with Crippen molar-refractivity contribution in [3.63, 3.8) is 0 Å². The first-order chi connectivity index (χ1) is 16.4. The molecule has 0 spiro atoms. The van der Waals surface area contributed by atoms with E-state index in [4.69, 9.17) is 5.73 Å². The number of carbonyl (C=O) groups excluding carboxylic acids is 2. The molecule has 0 saturated heterocycles. The zero-order valence-corrected chi connectivity index (χ0v) is 21.5. The predicted molar refractivity (Wildman–Crippen MR) is 138 cm³/mol. The minimum Gasteiger partial charge on any atom is -0.383 e. The molecule has 2 rings (SSSR count). The molecule has 192 valence electrons. The fourth-order valence-electron chi connectivity index (χ4n) is 3.80. The van der Waals surface area contributed by atoms with Gasteiger partial charge in [0.05, 0.1) is 19.1 Å². The Morgan fingerprint density at radius 1 is 1.03 bits per heavy atom. The van der Waals surface area contributed by atoms with Crippen LogP contribution in [0.15, 0.2) is 39.9 Å². The third-order valence-electron chi connectivity index (χ3n) is 5.38. The summed E-state index contributed by atoms with van der Waals surface area (Å²) in [5, 5.41) is 2.92. The lowest BCUT2D eigenvalue weighted by molar-refractivity contribution is -0.124. The molecule has 2 amide bonds. The Morgan fingerprint density at radius 2 is 1.66 bits per heavy atom. The average Bonchev–Trinajstić information content (AvgIpc) is 2.75. The van der Waals surface area contributed by atoms with Crippen molar-refractivity contribution in [2.75, 3.05) is 37.3 Å². The number of benzene rings is 1. The number of nitrogens with one attached hydrogen (secondary N) is 2. The van der Waals surface area contributed by atoms with E-state index in [2.05, 4.69) is 10.3 Å². The van der Waals surface area contributed by atoms with E-state index in [-0.39, 0.29) is 54.9 Å². The van der Waals surface area contributed by atoms with E-state index in [1.807, 2.05) is 65.0 Å². The van der Waals surface area contributed by atoms with E-state index in [1.165, 1.54) is 9.47 Å². The normalized spacial score (nSPS) is 12.3. The number of H-pyrrole nitrogens is 1. The number of rotatable bonds is 11. The van der Waals surface area contributed by atoms with Gasteiger partial charge in [-0.15, -0.1) is 0 Å². The maximum atomic E-state index is 13.3. The Labute approximate surface area is 206 Å². The van der Waals surface area contributed by atoms with Gasteiger partial charge < -0.3 is 16.0 Å². The van der Waals surface area contributed by atoms with Gasteiger partial charge in [-0.2, -0.15) is 0 Å². The summed E-state index contributed by atoms with van der Waals surface area (Å²) >= 11 is 0. The van der Waals surface area contributed by atoms with Gasteiger partial charge in [-0.05, 0) is 31.4 Å². The second-order valence-electron chi connectivity index (χ2n) is 9.77. The summed E-state index contributed by atoms with van der Waals surface area (Å²) < 4.78 is 1.28. The van der Waals surface area contributed by atoms with Crippen molar-refractivity contribution in [1.29, 1.82) is 0 Å². The van der Waals surface area contributed by atoms with Crippen molar-refractivity contribution in [3.8, 4) is 0 Å². The molecule has 2 aromatic rings. The highest BCUT2D eigenvalue weighted by atomic mass is 16.2. The second kappa shape index (κ2) is 12.3. The zero-order chi connectivity index (χ0) is 26.3. The molecule has 1 heterocycles. The van der Waals surface area contributed by atoms with Gasteiger partial charge in [0.15, 0.2) is 5.69 Å². The average molecular weight is 487 g/mol. The third-order valence-corrected chi connectivity index (χ3v) is 5.38. The first-order valence-electron chi connectivity index (χ1n) is 11.9. The molecule has 0 aliphatic heterocycles. The van der Waals surface area contributed by atoms with Gasteiger partial charge in [0, 0.05) is 13.1 Å². The molecule has 10 heteroatoms. The number of hydrogen-bond donors (Lipinski definition) is 3. The van der Waals surface area contributed by atoms with Crippen LogP contribution in [0.4, 0.5) is 11.5 Å². The molecule has 0 saturated carbocycles. The fourth-order valence-corrected chi connectivity index (χ4v) is 3.80. The van der Waals surface area contributed by atoms with Crippen LogP contribution < -0.4 is 27.2 Å². The minimum absolute atomic E-state index is 0.00286. The molecule has 0 unspecified atom stereocenters. The Hall–Kier alpha value is -3.40. The summed E-state index contributed by atoms with van der Waals surface area (Å²) in [6.07, 6.45) is 0. The number of nitrogen functional groups attached to an aromatic ring is 1. The summed E-state index contributed by atoms with van der Waals surface area (Å²) in [5.74, 6) is -0.528. The summed E-state index contributed by atoms with van der Waals surface area (Å²) in [6, 6.07) is 9.41. The highest BCUT2D eigenvalue weighted by Crippen LogP contribution is 2.19. The Balaban J connectivity index is 2.19. The van der Waals surface area contributed by atoms with Crippen LogP contribution in [0.25, 0.3) is 0 Å². The number of aromatic amines is 1. The molecule has 0 radical (unpaired) electrons. The van der Waals surface area contributed by atoms with E-state index >= 15 is 0 Å². The maximum Gasteiger partial charge on any atom is 0.330 e. The van der Waals surface area contributed by atoms with Crippen LogP contribution in [-0.2, 0) is 16.1 Å². The molecule has 10 nitrogen and oxygen atoms in total. The maximum absolute atomic E-state index is 13.3. The zero-order valence-electron chi connectivity index (χ0n) is 21.5. The van der Waals surface area contributed by atoms with E-state index in [9.17, 15) is 19.2 Å². The summed E-state index contributed by atoms with van der Waals surface area (Å²) in [4.78, 5) is 56.1. The van der Waals surface area contributed by atoms with Crippen LogP contribution in [0.1, 0.15) is 46.2 Å². The van der Waals surface area contributed by atoms with E-state index in [0.717, 1.165) is 5.56 Å². The molecule has 1 aromatic heterocycles. The number of carbonyl (C=O) groups is 2. The van der Waals surface area contributed by atoms with Crippen molar-refractivity contribution in [1.82, 2.24) is 19.8 Å². The van der Waals surface area contributed by atoms with E-state index in [0.29, 0.717) is 6.54 Å². The minimum atomic E-state index is -0.710. The second-order valence-corrected chi connectivity index (χ2v) is 9.77. The molecule has 0 fully saturated rings. The van der Waals surface area contributed by atoms with Gasteiger partial charge in [-0.25, -0.2) is 4.79 Å². The van der Waals surface area contributed by atoms with Gasteiger partial charge in [-0.1, -0.05) is 58.0 Å². The van der Waals surface area contributed by atoms with Crippen LogP contribution in [-0.4, -0.2) is 52.9 Å². The molecule has 35 heavy (non-hydrogen) atoms. The van der Waals surface area contributed by atoms with Crippen molar-refractivity contribution in [3.05, 3.63) is 56.7 Å². The molecule has 0 bridgehead atoms. The predicted octanol–water partition coefficient (Wildman–Crippen LogP) is 1.57. The highest BCUT2D eigenvalue weighted by Gasteiger charge is 2.26. The number of aromatic nitrogens is 2. The van der Waals surface area contributed by atoms with E-state index in [1.54, 1.807) is 11.9 Å². The van der Waals surface area contributed by atoms with Crippen LogP contribution in [0.2, 0.25) is 0 Å². The molecular weight excluding hydrogens is 448 g/mol. The van der Waals surface area contributed by atoms with Gasteiger partial charge in [0.1, 0.15) is 5.82 Å². The number of hydrogen-bond acceptors (Lipinski definition) is 6. The van der Waals surface area contributed by atoms with Gasteiger partial charge in [0.2, 0.25) is 11.8 Å². The number of nitrogens with zero attached hydrogens (tertiary/aromatic N) is 3. The van der Waals surface area contributed by atoms with Crippen molar-refractivity contribution >= 4 is 23.3 Å². The van der Waals surface area contributed by atoms with Crippen molar-refractivity contribution in [2.45, 2.75) is 47.2 Å². The lowest BCUT2D eigenvalue weighted by Crippen LogP contribution is -2.47. The molecule has 1 aromatic carbocycles. The first kappa shape index (κ1) is 27.8. The van der Waals surface area contributed by atoms with Crippen LogP contribution >= 0.6 is 0 Å². The van der Waals surface area contributed by atoms with Crippen LogP contribution in [0.3, 0.4) is 0 Å². The van der Waals surface area contributed by atoms with Crippen molar-refractivity contribution in [2.24, 2.45) is 11.8 Å². The Bertz CT molecular complexity index is 1120. The lowest BCUT2D eigenvalue weighted by Gasteiger charge is -2.28. The molecule has 1 atom stereocenters. The summed E-state index contributed by atoms with van der Waals surface area (Å²) in [7, 11) is 1.66. The van der Waals surface area contributed by atoms with Crippen LogP contribution in [0.5, 0.6) is 0 Å². The Kier molecular flexibility index (Phi) is 9.82. The SMILES string of the molecule is CC(C)CN(C(=O)CN(C)CC(=O)N[C@H](C)c1ccccc1)c1c(N)n(CC(C)C)c(=O)[nH]c1=O. The summed E-state index contributed by atoms with van der Waals surface area (Å²) in [6.45, 7) is 9.99. The molecule has 0 aliphatic carbocycles. The molecule has 4 N–H and O–H groups in total. The van der Waals surface area contributed by atoms with Crippen molar-refractivity contribution < 1.29 is 9.59 Å². The standard InChI is InChI=1S/C25H38N6O4/c1-16(2)12-30(22-23(26)31(13-17(3)4)25(35)28-24(22)34)21(33)15-29(6)14-20(32)27-18(5)19-10-8-7-9-11-19/h7-11,16-18H,12-15,26H2,1-6H3,(H,27,32)(H,28,34,35)/t18-/m1/s1. The highest BCUT2D eigenvalue weighted by molar-refractivity contribution is 5.97. The number of likely N-dealkylation sites (N-methyl/N-ethyl adjacent to an activating group) is 1. The topological polar surface area (TPSA) is 134 Å². The van der Waals surface area contributed by atoms with Gasteiger partial charge >= 0.3 is 5.69 Å². The summed E-state index contributed by atoms with van der Waals surface area (Å²) in [5.41, 5.74) is 5.86. The smallest absolute Gasteiger partial charge is 0.330 e. The first-order valence-corrected chi connectivity index (χ1v) is 11.9. The number of amides is 2. The Morgan fingerprint density at radius 3 is 2.23 bits per heavy atom. The fraction of sp³-hybridized carbons (Fsp3) is 0.520. The van der Waals surface area contributed by atoms with Crippen LogP contribution in [0, 0.1) is 11.8 Å². The quantitative estimate of drug-likeness (QED) is 0.442. The third kappa shape index (κ3) is 7.81. The monoisotopic (exact) mass is 486 g/mol. The van der Waals surface area contributed by atoms with Gasteiger partial charge in [-0.3, -0.25) is 28.8 Å². The largest absolute Gasteiger partial charge is 0.383 e. The molecule has 0 aliphatic rings. The number of nitrogens with two attached hydrogens (primary N) is 1.